The number of nitro benzene ring substituents is 1. The average Bonchev–Trinajstić information content (AvgIpc) is 2.04. The molecule has 12 heavy (non-hydrogen) atoms. The normalized spacial score (nSPS) is 8.92. The summed E-state index contributed by atoms with van der Waals surface area (Å²) in [6, 6.07) is 3.97. The number of nitrogen functional groups attached to an aromatic ring is 1. The Bertz CT molecular complexity index is 367. The first kappa shape index (κ1) is 8.01. The zero-order valence-electron chi connectivity index (χ0n) is 6.02. The van der Waals surface area contributed by atoms with E-state index in [2.05, 4.69) is 4.85 Å². The molecular weight excluding hydrogens is 158 g/mol. The van der Waals surface area contributed by atoms with Gasteiger partial charge in [-0.2, -0.15) is 0 Å². The summed E-state index contributed by atoms with van der Waals surface area (Å²) < 4.78 is 0. The number of nitrogens with zero attached hydrogens (tertiary/aromatic N) is 2. The molecule has 0 heterocycles. The van der Waals surface area contributed by atoms with Crippen molar-refractivity contribution >= 4 is 17.1 Å². The summed E-state index contributed by atoms with van der Waals surface area (Å²) in [5.41, 5.74) is 5.36. The van der Waals surface area contributed by atoms with E-state index in [1.54, 1.807) is 0 Å². The van der Waals surface area contributed by atoms with Crippen LogP contribution in [0.4, 0.5) is 17.1 Å². The molecule has 0 amide bonds. The number of benzene rings is 1. The van der Waals surface area contributed by atoms with Crippen LogP contribution in [0.15, 0.2) is 18.2 Å². The molecule has 60 valence electrons. The minimum Gasteiger partial charge on any atom is -0.399 e. The fraction of sp³-hybridized carbons (Fsp3) is 0. The van der Waals surface area contributed by atoms with Crippen LogP contribution >= 0.6 is 0 Å². The lowest BCUT2D eigenvalue weighted by atomic mass is 10.2. The summed E-state index contributed by atoms with van der Waals surface area (Å²) in [7, 11) is 0. The molecule has 5 nitrogen and oxygen atoms in total. The van der Waals surface area contributed by atoms with E-state index >= 15 is 0 Å². The Kier molecular flexibility index (Phi) is 1.92. The zero-order valence-corrected chi connectivity index (χ0v) is 6.02. The summed E-state index contributed by atoms with van der Waals surface area (Å²) in [5, 5.41) is 10.3. The van der Waals surface area contributed by atoms with Crippen LogP contribution in [0.3, 0.4) is 0 Å². The molecule has 0 fully saturated rings. The van der Waals surface area contributed by atoms with Crippen molar-refractivity contribution in [1.82, 2.24) is 0 Å². The Hall–Kier alpha value is -2.09. The Morgan fingerprint density at radius 3 is 2.75 bits per heavy atom. The third-order valence-electron chi connectivity index (χ3n) is 1.32. The summed E-state index contributed by atoms with van der Waals surface area (Å²) in [5.74, 6) is 0. The van der Waals surface area contributed by atoms with Crippen molar-refractivity contribution in [3.63, 3.8) is 0 Å². The van der Waals surface area contributed by atoms with Gasteiger partial charge in [0, 0.05) is 11.8 Å². The van der Waals surface area contributed by atoms with Crippen LogP contribution in [0.5, 0.6) is 0 Å². The standard InChI is InChI=1S/C7H5N3O2/c1-9-6-3-2-5(8)4-7(6)10(11)12/h2-4H,8H2. The average molecular weight is 163 g/mol. The lowest BCUT2D eigenvalue weighted by Gasteiger charge is -1.95. The predicted octanol–water partition coefficient (Wildman–Crippen LogP) is 1.73. The van der Waals surface area contributed by atoms with Gasteiger partial charge in [0.05, 0.1) is 11.5 Å². The van der Waals surface area contributed by atoms with Crippen LogP contribution < -0.4 is 5.73 Å². The highest BCUT2D eigenvalue weighted by Crippen LogP contribution is 2.28. The highest BCUT2D eigenvalue weighted by Gasteiger charge is 2.12. The van der Waals surface area contributed by atoms with E-state index in [1.807, 2.05) is 0 Å². The molecule has 5 heteroatoms. The number of hydrogen-bond acceptors (Lipinski definition) is 3. The van der Waals surface area contributed by atoms with Gasteiger partial charge in [-0.3, -0.25) is 10.1 Å². The van der Waals surface area contributed by atoms with Gasteiger partial charge in [-0.1, -0.05) is 0 Å². The first-order valence-electron chi connectivity index (χ1n) is 3.06. The summed E-state index contributed by atoms with van der Waals surface area (Å²) >= 11 is 0. The Morgan fingerprint density at radius 2 is 2.25 bits per heavy atom. The Morgan fingerprint density at radius 1 is 1.58 bits per heavy atom. The Labute approximate surface area is 68.4 Å². The van der Waals surface area contributed by atoms with Crippen molar-refractivity contribution < 1.29 is 4.92 Å². The van der Waals surface area contributed by atoms with Crippen LogP contribution in [0.25, 0.3) is 4.85 Å². The molecule has 2 N–H and O–H groups in total. The van der Waals surface area contributed by atoms with Crippen molar-refractivity contribution in [2.24, 2.45) is 0 Å². The maximum atomic E-state index is 10.3. The molecule has 1 aromatic rings. The lowest BCUT2D eigenvalue weighted by Crippen LogP contribution is -1.90. The van der Waals surface area contributed by atoms with E-state index in [4.69, 9.17) is 12.3 Å². The number of nitro groups is 1. The van der Waals surface area contributed by atoms with Crippen molar-refractivity contribution in [2.45, 2.75) is 0 Å². The van der Waals surface area contributed by atoms with Crippen molar-refractivity contribution in [3.8, 4) is 0 Å². The number of rotatable bonds is 1. The van der Waals surface area contributed by atoms with Gasteiger partial charge < -0.3 is 5.73 Å². The van der Waals surface area contributed by atoms with Gasteiger partial charge in [-0.05, 0) is 12.1 Å². The molecule has 0 aliphatic rings. The lowest BCUT2D eigenvalue weighted by molar-refractivity contribution is -0.383. The topological polar surface area (TPSA) is 73.5 Å². The molecule has 0 spiro atoms. The van der Waals surface area contributed by atoms with E-state index in [-0.39, 0.29) is 17.1 Å². The first-order valence-corrected chi connectivity index (χ1v) is 3.06. The van der Waals surface area contributed by atoms with Crippen molar-refractivity contribution in [3.05, 3.63) is 39.7 Å². The molecule has 0 aliphatic carbocycles. The van der Waals surface area contributed by atoms with Gasteiger partial charge in [0.1, 0.15) is 0 Å². The number of anilines is 1. The van der Waals surface area contributed by atoms with Crippen LogP contribution in [-0.2, 0) is 0 Å². The van der Waals surface area contributed by atoms with Crippen molar-refractivity contribution in [1.29, 1.82) is 0 Å². The van der Waals surface area contributed by atoms with E-state index < -0.39 is 4.92 Å². The highest BCUT2D eigenvalue weighted by atomic mass is 16.6. The fourth-order valence-electron chi connectivity index (χ4n) is 0.781. The summed E-state index contributed by atoms with van der Waals surface area (Å²) in [6.45, 7) is 6.63. The minimum atomic E-state index is -0.621. The van der Waals surface area contributed by atoms with E-state index in [1.165, 1.54) is 18.2 Å². The third-order valence-corrected chi connectivity index (χ3v) is 1.32. The summed E-state index contributed by atoms with van der Waals surface area (Å²) in [6.07, 6.45) is 0. The third kappa shape index (κ3) is 1.32. The molecule has 0 bridgehead atoms. The molecule has 1 aromatic carbocycles. The molecule has 0 saturated carbocycles. The SMILES string of the molecule is [C-]#[N+]c1ccc(N)cc1[N+](=O)[O-]. The van der Waals surface area contributed by atoms with Crippen LogP contribution in [0, 0.1) is 16.7 Å². The largest absolute Gasteiger partial charge is 0.399 e. The van der Waals surface area contributed by atoms with Gasteiger partial charge in [0.25, 0.3) is 11.4 Å². The van der Waals surface area contributed by atoms with Crippen LogP contribution in [0.1, 0.15) is 0 Å². The maximum absolute atomic E-state index is 10.3. The maximum Gasteiger partial charge on any atom is 0.281 e. The Balaban J connectivity index is 3.34. The van der Waals surface area contributed by atoms with E-state index in [0.29, 0.717) is 0 Å². The van der Waals surface area contributed by atoms with Gasteiger partial charge >= 0.3 is 0 Å². The van der Waals surface area contributed by atoms with Gasteiger partial charge in [-0.25, -0.2) is 4.85 Å². The monoisotopic (exact) mass is 163 g/mol. The second kappa shape index (κ2) is 2.88. The molecule has 1 rings (SSSR count). The second-order valence-electron chi connectivity index (χ2n) is 2.12. The highest BCUT2D eigenvalue weighted by molar-refractivity contribution is 5.67. The van der Waals surface area contributed by atoms with Crippen LogP contribution in [0.2, 0.25) is 0 Å². The molecule has 0 unspecified atom stereocenters. The molecule has 0 saturated heterocycles. The predicted molar refractivity (Wildman–Crippen MR) is 43.8 cm³/mol. The molecule has 0 aliphatic heterocycles. The number of hydrogen-bond donors (Lipinski definition) is 1. The van der Waals surface area contributed by atoms with E-state index in [0.717, 1.165) is 0 Å². The summed E-state index contributed by atoms with van der Waals surface area (Å²) in [4.78, 5) is 12.7. The smallest absolute Gasteiger partial charge is 0.281 e. The zero-order chi connectivity index (χ0) is 9.14. The molecular formula is C7H5N3O2. The quantitative estimate of drug-likeness (QED) is 0.296. The van der Waals surface area contributed by atoms with Crippen LogP contribution in [-0.4, -0.2) is 4.92 Å². The molecule has 0 aromatic heterocycles. The fourth-order valence-corrected chi connectivity index (χ4v) is 0.781. The molecule has 0 radical (unpaired) electrons. The van der Waals surface area contributed by atoms with E-state index in [9.17, 15) is 10.1 Å². The number of nitrogens with two attached hydrogens (primary N) is 1. The second-order valence-corrected chi connectivity index (χ2v) is 2.12. The minimum absolute atomic E-state index is 0.00852. The van der Waals surface area contributed by atoms with Gasteiger partial charge in [-0.15, -0.1) is 0 Å². The van der Waals surface area contributed by atoms with Gasteiger partial charge in [0.2, 0.25) is 0 Å². The van der Waals surface area contributed by atoms with Crippen molar-refractivity contribution in [2.75, 3.05) is 5.73 Å². The molecule has 0 atom stereocenters. The first-order chi connectivity index (χ1) is 5.65. The van der Waals surface area contributed by atoms with Gasteiger partial charge in [0.15, 0.2) is 0 Å².